The van der Waals surface area contributed by atoms with E-state index in [4.69, 9.17) is 28.9 Å². The molecule has 0 unspecified atom stereocenters. The van der Waals surface area contributed by atoms with Crippen LogP contribution in [0.25, 0.3) is 0 Å². The Balaban J connectivity index is 0.00000289. The number of hydrogen-bond acceptors (Lipinski definition) is 3. The molecule has 0 spiro atoms. The molecule has 4 nitrogen and oxygen atoms in total. The van der Waals surface area contributed by atoms with E-state index in [2.05, 4.69) is 20.7 Å². The topological polar surface area (TPSA) is 72.2 Å². The fraction of sp³-hybridized carbons (Fsp3) is 0.333. The zero-order valence-corrected chi connectivity index (χ0v) is 13.9. The first kappa shape index (κ1) is 18.4. The van der Waals surface area contributed by atoms with Crippen LogP contribution in [-0.4, -0.2) is 21.5 Å². The van der Waals surface area contributed by atoms with Gasteiger partial charge in [0.15, 0.2) is 0 Å². The highest BCUT2D eigenvalue weighted by molar-refractivity contribution is 9.10. The minimum Gasteiger partial charge on any atom is -0.330 e. The lowest BCUT2D eigenvalue weighted by atomic mass is 10.4. The SMILES string of the molecule is Cl.NCCCNS(=O)(=O)c1cc(Br)c(Cl)cc1Cl. The largest absolute Gasteiger partial charge is 0.330 e. The maximum Gasteiger partial charge on any atom is 0.242 e. The Morgan fingerprint density at radius 3 is 2.44 bits per heavy atom. The van der Waals surface area contributed by atoms with Gasteiger partial charge in [0, 0.05) is 11.0 Å². The van der Waals surface area contributed by atoms with Gasteiger partial charge in [-0.2, -0.15) is 0 Å². The van der Waals surface area contributed by atoms with Gasteiger partial charge in [0.1, 0.15) is 4.90 Å². The van der Waals surface area contributed by atoms with Crippen molar-refractivity contribution in [2.45, 2.75) is 11.3 Å². The Morgan fingerprint density at radius 2 is 1.89 bits per heavy atom. The summed E-state index contributed by atoms with van der Waals surface area (Å²) in [6.45, 7) is 0.690. The second kappa shape index (κ2) is 7.89. The van der Waals surface area contributed by atoms with Crippen LogP contribution in [-0.2, 0) is 10.0 Å². The van der Waals surface area contributed by atoms with E-state index in [0.717, 1.165) is 0 Å². The van der Waals surface area contributed by atoms with E-state index in [9.17, 15) is 8.42 Å². The zero-order chi connectivity index (χ0) is 13.1. The van der Waals surface area contributed by atoms with E-state index >= 15 is 0 Å². The molecule has 0 bridgehead atoms. The normalized spacial score (nSPS) is 11.1. The van der Waals surface area contributed by atoms with Gasteiger partial charge in [0.25, 0.3) is 0 Å². The Kier molecular flexibility index (Phi) is 8.08. The molecule has 0 aliphatic carbocycles. The number of nitrogens with two attached hydrogens (primary N) is 1. The van der Waals surface area contributed by atoms with Crippen molar-refractivity contribution in [3.8, 4) is 0 Å². The van der Waals surface area contributed by atoms with Crippen molar-refractivity contribution < 1.29 is 8.42 Å². The summed E-state index contributed by atoms with van der Waals surface area (Å²) in [6, 6.07) is 2.75. The molecule has 0 radical (unpaired) electrons. The molecule has 0 aromatic heterocycles. The van der Waals surface area contributed by atoms with Crippen LogP contribution < -0.4 is 10.5 Å². The second-order valence-electron chi connectivity index (χ2n) is 3.24. The van der Waals surface area contributed by atoms with Gasteiger partial charge in [-0.25, -0.2) is 13.1 Å². The molecule has 3 N–H and O–H groups in total. The van der Waals surface area contributed by atoms with Crippen molar-refractivity contribution in [3.63, 3.8) is 0 Å². The minimum absolute atomic E-state index is 0. The maximum atomic E-state index is 11.9. The van der Waals surface area contributed by atoms with E-state index in [0.29, 0.717) is 22.5 Å². The average Bonchev–Trinajstić information content (AvgIpc) is 2.23. The fourth-order valence-electron chi connectivity index (χ4n) is 1.10. The highest BCUT2D eigenvalue weighted by Gasteiger charge is 2.19. The Morgan fingerprint density at radius 1 is 1.28 bits per heavy atom. The summed E-state index contributed by atoms with van der Waals surface area (Å²) in [7, 11) is -3.63. The van der Waals surface area contributed by atoms with Gasteiger partial charge in [-0.1, -0.05) is 23.2 Å². The Bertz CT molecular complexity index is 511. The molecule has 0 aliphatic rings. The van der Waals surface area contributed by atoms with Gasteiger partial charge < -0.3 is 5.73 Å². The molecule has 9 heteroatoms. The average molecular weight is 399 g/mol. The monoisotopic (exact) mass is 396 g/mol. The van der Waals surface area contributed by atoms with Gasteiger partial charge in [-0.3, -0.25) is 0 Å². The van der Waals surface area contributed by atoms with Crippen molar-refractivity contribution in [2.24, 2.45) is 5.73 Å². The third-order valence-corrected chi connectivity index (χ3v) is 5.06. The molecule has 1 aromatic carbocycles. The van der Waals surface area contributed by atoms with Gasteiger partial charge in [-0.15, -0.1) is 12.4 Å². The van der Waals surface area contributed by atoms with Crippen molar-refractivity contribution in [2.75, 3.05) is 13.1 Å². The summed E-state index contributed by atoms with van der Waals surface area (Å²) in [5.74, 6) is 0. The number of nitrogens with one attached hydrogen (secondary N) is 1. The maximum absolute atomic E-state index is 11.9. The van der Waals surface area contributed by atoms with Crippen LogP contribution in [0.5, 0.6) is 0 Å². The van der Waals surface area contributed by atoms with Crippen molar-refractivity contribution >= 4 is 61.6 Å². The fourth-order valence-corrected chi connectivity index (χ4v) is 3.44. The first-order valence-corrected chi connectivity index (χ1v) is 7.76. The first-order chi connectivity index (χ1) is 7.88. The van der Waals surface area contributed by atoms with Crippen molar-refractivity contribution in [3.05, 3.63) is 26.7 Å². The molecule has 0 heterocycles. The Hall–Kier alpha value is 0.440. The molecule has 0 amide bonds. The molecule has 0 saturated heterocycles. The van der Waals surface area contributed by atoms with Crippen LogP contribution in [0.3, 0.4) is 0 Å². The molecule has 1 aromatic rings. The number of hydrogen-bond donors (Lipinski definition) is 2. The molecule has 0 aliphatic heterocycles. The summed E-state index contributed by atoms with van der Waals surface area (Å²) >= 11 is 14.8. The lowest BCUT2D eigenvalue weighted by Crippen LogP contribution is -2.26. The lowest BCUT2D eigenvalue weighted by Gasteiger charge is -2.09. The van der Waals surface area contributed by atoms with Crippen LogP contribution in [0.15, 0.2) is 21.5 Å². The molecule has 18 heavy (non-hydrogen) atoms. The molecule has 0 atom stereocenters. The third kappa shape index (κ3) is 4.85. The standard InChI is InChI=1S/C9H11BrCl2N2O2S.ClH/c10-6-4-9(8(12)5-7(6)11)17(15,16)14-3-1-2-13;/h4-5,14H,1-3,13H2;1H. The second-order valence-corrected chi connectivity index (χ2v) is 6.64. The number of sulfonamides is 1. The summed E-state index contributed by atoms with van der Waals surface area (Å²) in [5, 5.41) is 0.439. The van der Waals surface area contributed by atoms with Gasteiger partial charge in [0.05, 0.1) is 10.0 Å². The van der Waals surface area contributed by atoms with Crippen LogP contribution in [0, 0.1) is 0 Å². The highest BCUT2D eigenvalue weighted by Crippen LogP contribution is 2.31. The quantitative estimate of drug-likeness (QED) is 0.592. The lowest BCUT2D eigenvalue weighted by molar-refractivity contribution is 0.579. The summed E-state index contributed by atoms with van der Waals surface area (Å²) in [4.78, 5) is -0.00698. The van der Waals surface area contributed by atoms with Crippen LogP contribution in [0.1, 0.15) is 6.42 Å². The Labute approximate surface area is 131 Å². The van der Waals surface area contributed by atoms with E-state index in [1.165, 1.54) is 12.1 Å². The minimum atomic E-state index is -3.63. The summed E-state index contributed by atoms with van der Waals surface area (Å²) < 4.78 is 26.7. The van der Waals surface area contributed by atoms with Gasteiger partial charge in [-0.05, 0) is 41.0 Å². The number of halogens is 4. The van der Waals surface area contributed by atoms with Crippen LogP contribution in [0.4, 0.5) is 0 Å². The number of rotatable bonds is 5. The molecular formula is C9H12BrCl3N2O2S. The van der Waals surface area contributed by atoms with E-state index < -0.39 is 10.0 Å². The third-order valence-electron chi connectivity index (χ3n) is 1.94. The predicted octanol–water partition coefficient (Wildman–Crippen LogP) is 2.80. The van der Waals surface area contributed by atoms with E-state index in [1.54, 1.807) is 0 Å². The molecule has 0 fully saturated rings. The summed E-state index contributed by atoms with van der Waals surface area (Å²) in [6.07, 6.45) is 0.561. The molecule has 104 valence electrons. The molecule has 0 saturated carbocycles. The van der Waals surface area contributed by atoms with E-state index in [1.807, 2.05) is 0 Å². The van der Waals surface area contributed by atoms with Crippen LogP contribution in [0.2, 0.25) is 10.0 Å². The van der Waals surface area contributed by atoms with E-state index in [-0.39, 0.29) is 28.9 Å². The smallest absolute Gasteiger partial charge is 0.242 e. The predicted molar refractivity (Wildman–Crippen MR) is 80.3 cm³/mol. The molecular weight excluding hydrogens is 386 g/mol. The van der Waals surface area contributed by atoms with Crippen molar-refractivity contribution in [1.29, 1.82) is 0 Å². The van der Waals surface area contributed by atoms with Gasteiger partial charge >= 0.3 is 0 Å². The zero-order valence-electron chi connectivity index (χ0n) is 9.12. The van der Waals surface area contributed by atoms with Crippen LogP contribution >= 0.6 is 51.5 Å². The number of benzene rings is 1. The highest BCUT2D eigenvalue weighted by atomic mass is 79.9. The molecule has 1 rings (SSSR count). The van der Waals surface area contributed by atoms with Gasteiger partial charge in [0.2, 0.25) is 10.0 Å². The first-order valence-electron chi connectivity index (χ1n) is 4.73. The summed E-state index contributed by atoms with van der Waals surface area (Å²) in [5.41, 5.74) is 5.28. The van der Waals surface area contributed by atoms with Crippen molar-refractivity contribution in [1.82, 2.24) is 4.72 Å².